The summed E-state index contributed by atoms with van der Waals surface area (Å²) in [5.74, 6) is 0.0967. The molecule has 166 valence electrons. The van der Waals surface area contributed by atoms with Gasteiger partial charge in [0.25, 0.3) is 0 Å². The summed E-state index contributed by atoms with van der Waals surface area (Å²) in [5.41, 5.74) is 0. The highest BCUT2D eigenvalue weighted by molar-refractivity contribution is 5.76. The van der Waals surface area contributed by atoms with Gasteiger partial charge in [-0.25, -0.2) is 0 Å². The summed E-state index contributed by atoms with van der Waals surface area (Å²) in [6.45, 7) is 8.40. The predicted octanol–water partition coefficient (Wildman–Crippen LogP) is 4.28. The molecule has 1 heterocycles. The SMILES string of the molecule is CCCCCCCCCC(=O)N[C@@H](CN1CCOCC1)[C@@H](O)CCCCCC. The van der Waals surface area contributed by atoms with Gasteiger partial charge in [0, 0.05) is 26.1 Å². The average Bonchev–Trinajstić information content (AvgIpc) is 2.70. The largest absolute Gasteiger partial charge is 0.391 e. The molecular formula is C23H46N2O3. The number of hydrogen-bond acceptors (Lipinski definition) is 4. The fraction of sp³-hybridized carbons (Fsp3) is 0.957. The van der Waals surface area contributed by atoms with Crippen LogP contribution in [0.15, 0.2) is 0 Å². The van der Waals surface area contributed by atoms with Crippen molar-refractivity contribution in [3.63, 3.8) is 0 Å². The highest BCUT2D eigenvalue weighted by Gasteiger charge is 2.24. The maximum Gasteiger partial charge on any atom is 0.220 e. The molecular weight excluding hydrogens is 352 g/mol. The van der Waals surface area contributed by atoms with Crippen molar-refractivity contribution in [3.05, 3.63) is 0 Å². The maximum absolute atomic E-state index is 12.4. The van der Waals surface area contributed by atoms with Crippen molar-refractivity contribution in [2.24, 2.45) is 0 Å². The second-order valence-corrected chi connectivity index (χ2v) is 8.37. The van der Waals surface area contributed by atoms with Crippen LogP contribution >= 0.6 is 0 Å². The van der Waals surface area contributed by atoms with Crippen molar-refractivity contribution in [3.8, 4) is 0 Å². The van der Waals surface area contributed by atoms with Crippen molar-refractivity contribution in [2.75, 3.05) is 32.8 Å². The smallest absolute Gasteiger partial charge is 0.220 e. The van der Waals surface area contributed by atoms with Gasteiger partial charge in [-0.1, -0.05) is 78.1 Å². The molecule has 0 aromatic rings. The molecule has 0 saturated carbocycles. The maximum atomic E-state index is 12.4. The Morgan fingerprint density at radius 1 is 0.929 bits per heavy atom. The summed E-state index contributed by atoms with van der Waals surface area (Å²) in [7, 11) is 0. The van der Waals surface area contributed by atoms with E-state index in [0.717, 1.165) is 65.0 Å². The van der Waals surface area contributed by atoms with Crippen LogP contribution in [0.4, 0.5) is 0 Å². The van der Waals surface area contributed by atoms with E-state index in [4.69, 9.17) is 4.74 Å². The summed E-state index contributed by atoms with van der Waals surface area (Å²) >= 11 is 0. The minimum atomic E-state index is -0.460. The fourth-order valence-electron chi connectivity index (χ4n) is 3.83. The van der Waals surface area contributed by atoms with E-state index in [2.05, 4.69) is 24.1 Å². The molecule has 1 fully saturated rings. The van der Waals surface area contributed by atoms with Gasteiger partial charge in [-0.2, -0.15) is 0 Å². The number of nitrogens with zero attached hydrogens (tertiary/aromatic N) is 1. The topological polar surface area (TPSA) is 61.8 Å². The van der Waals surface area contributed by atoms with E-state index in [1.165, 1.54) is 44.9 Å². The minimum Gasteiger partial charge on any atom is -0.391 e. The van der Waals surface area contributed by atoms with Crippen LogP contribution in [0.3, 0.4) is 0 Å². The second-order valence-electron chi connectivity index (χ2n) is 8.37. The molecule has 5 heteroatoms. The number of nitrogens with one attached hydrogen (secondary N) is 1. The zero-order chi connectivity index (χ0) is 20.5. The Hall–Kier alpha value is -0.650. The lowest BCUT2D eigenvalue weighted by Crippen LogP contribution is -2.52. The van der Waals surface area contributed by atoms with Gasteiger partial charge in [-0.05, 0) is 12.8 Å². The number of hydrogen-bond donors (Lipinski definition) is 2. The summed E-state index contributed by atoms with van der Waals surface area (Å²) in [6, 6.07) is -0.170. The predicted molar refractivity (Wildman–Crippen MR) is 117 cm³/mol. The normalized spacial score (nSPS) is 17.4. The molecule has 0 radical (unpaired) electrons. The molecule has 1 rings (SSSR count). The van der Waals surface area contributed by atoms with Crippen LogP contribution in [-0.2, 0) is 9.53 Å². The van der Waals surface area contributed by atoms with E-state index >= 15 is 0 Å². The molecule has 0 bridgehead atoms. The van der Waals surface area contributed by atoms with E-state index in [1.807, 2.05) is 0 Å². The van der Waals surface area contributed by atoms with Gasteiger partial charge in [-0.3, -0.25) is 9.69 Å². The lowest BCUT2D eigenvalue weighted by Gasteiger charge is -2.33. The highest BCUT2D eigenvalue weighted by atomic mass is 16.5. The first-order valence-electron chi connectivity index (χ1n) is 11.9. The Bertz CT molecular complexity index is 373. The fourth-order valence-corrected chi connectivity index (χ4v) is 3.83. The molecule has 1 amide bonds. The number of morpholine rings is 1. The number of amides is 1. The van der Waals surface area contributed by atoms with Crippen molar-refractivity contribution in [1.82, 2.24) is 10.2 Å². The first-order valence-corrected chi connectivity index (χ1v) is 11.9. The Kier molecular flexibility index (Phi) is 15.6. The lowest BCUT2D eigenvalue weighted by molar-refractivity contribution is -0.123. The number of carbonyl (C=O) groups excluding carboxylic acids is 1. The number of rotatable bonds is 17. The average molecular weight is 399 g/mol. The third-order valence-electron chi connectivity index (χ3n) is 5.73. The third kappa shape index (κ3) is 12.7. The van der Waals surface area contributed by atoms with Crippen LogP contribution in [0.2, 0.25) is 0 Å². The summed E-state index contributed by atoms with van der Waals surface area (Å²) in [6.07, 6.45) is 14.0. The Morgan fingerprint density at radius 2 is 1.50 bits per heavy atom. The van der Waals surface area contributed by atoms with E-state index in [0.29, 0.717) is 6.42 Å². The van der Waals surface area contributed by atoms with Gasteiger partial charge < -0.3 is 15.2 Å². The molecule has 28 heavy (non-hydrogen) atoms. The molecule has 1 aliphatic heterocycles. The summed E-state index contributed by atoms with van der Waals surface area (Å²) in [4.78, 5) is 14.7. The zero-order valence-electron chi connectivity index (χ0n) is 18.6. The molecule has 2 atom stereocenters. The number of aliphatic hydroxyl groups is 1. The number of unbranched alkanes of at least 4 members (excludes halogenated alkanes) is 9. The van der Waals surface area contributed by atoms with E-state index < -0.39 is 6.10 Å². The van der Waals surface area contributed by atoms with Crippen LogP contribution in [0.25, 0.3) is 0 Å². The molecule has 0 spiro atoms. The second kappa shape index (κ2) is 17.2. The van der Waals surface area contributed by atoms with Gasteiger partial charge in [0.1, 0.15) is 0 Å². The molecule has 1 aliphatic rings. The number of aliphatic hydroxyl groups excluding tert-OH is 1. The number of ether oxygens (including phenoxy) is 1. The van der Waals surface area contributed by atoms with E-state index in [-0.39, 0.29) is 11.9 Å². The molecule has 0 aromatic heterocycles. The molecule has 0 aliphatic carbocycles. The molecule has 0 unspecified atom stereocenters. The molecule has 2 N–H and O–H groups in total. The van der Waals surface area contributed by atoms with Gasteiger partial charge in [0.05, 0.1) is 25.4 Å². The highest BCUT2D eigenvalue weighted by Crippen LogP contribution is 2.12. The van der Waals surface area contributed by atoms with Crippen molar-refractivity contribution >= 4 is 5.91 Å². The minimum absolute atomic E-state index is 0.0967. The Morgan fingerprint density at radius 3 is 2.14 bits per heavy atom. The van der Waals surface area contributed by atoms with Crippen molar-refractivity contribution in [1.29, 1.82) is 0 Å². The van der Waals surface area contributed by atoms with E-state index in [1.54, 1.807) is 0 Å². The van der Waals surface area contributed by atoms with Crippen LogP contribution < -0.4 is 5.32 Å². The quantitative estimate of drug-likeness (QED) is 0.359. The van der Waals surface area contributed by atoms with Crippen LogP contribution in [0.5, 0.6) is 0 Å². The van der Waals surface area contributed by atoms with Gasteiger partial charge >= 0.3 is 0 Å². The van der Waals surface area contributed by atoms with Crippen molar-refractivity contribution in [2.45, 2.75) is 109 Å². The van der Waals surface area contributed by atoms with Gasteiger partial charge in [0.15, 0.2) is 0 Å². The molecule has 5 nitrogen and oxygen atoms in total. The Labute approximate surface area is 173 Å². The summed E-state index contributed by atoms with van der Waals surface area (Å²) < 4.78 is 5.42. The number of carbonyl (C=O) groups is 1. The first kappa shape index (κ1) is 25.4. The zero-order valence-corrected chi connectivity index (χ0v) is 18.6. The molecule has 0 aromatic carbocycles. The third-order valence-corrected chi connectivity index (χ3v) is 5.73. The van der Waals surface area contributed by atoms with Crippen LogP contribution in [-0.4, -0.2) is 60.9 Å². The van der Waals surface area contributed by atoms with E-state index in [9.17, 15) is 9.90 Å². The van der Waals surface area contributed by atoms with Crippen LogP contribution in [0.1, 0.15) is 97.3 Å². The standard InChI is InChI=1S/C23H46N2O3/c1-3-5-7-9-10-11-13-15-23(27)24-21(20-25-16-18-28-19-17-25)22(26)14-12-8-6-4-2/h21-22,26H,3-20H2,1-2H3,(H,24,27)/t21-,22-/m0/s1. The van der Waals surface area contributed by atoms with Gasteiger partial charge in [0.2, 0.25) is 5.91 Å². The lowest BCUT2D eigenvalue weighted by atomic mass is 10.0. The first-order chi connectivity index (χ1) is 13.7. The Balaban J connectivity index is 2.34. The van der Waals surface area contributed by atoms with Crippen LogP contribution in [0, 0.1) is 0 Å². The summed E-state index contributed by atoms with van der Waals surface area (Å²) in [5, 5.41) is 13.9. The van der Waals surface area contributed by atoms with Crippen molar-refractivity contribution < 1.29 is 14.6 Å². The monoisotopic (exact) mass is 398 g/mol. The molecule has 1 saturated heterocycles. The van der Waals surface area contributed by atoms with Gasteiger partial charge in [-0.15, -0.1) is 0 Å².